The second-order valence-electron chi connectivity index (χ2n) is 8.47. The van der Waals surface area contributed by atoms with Crippen molar-refractivity contribution in [1.29, 1.82) is 0 Å². The third kappa shape index (κ3) is 7.84. The average Bonchev–Trinajstić information content (AvgIpc) is 3.30. The van der Waals surface area contributed by atoms with Crippen LogP contribution in [0, 0.1) is 5.92 Å². The fourth-order valence-corrected chi connectivity index (χ4v) is 5.60. The molecule has 1 aliphatic rings. The van der Waals surface area contributed by atoms with Crippen LogP contribution < -0.4 is 15.5 Å². The van der Waals surface area contributed by atoms with Crippen LogP contribution in [-0.4, -0.2) is 65.4 Å². The molecule has 4 heterocycles. The van der Waals surface area contributed by atoms with Gasteiger partial charge < -0.3 is 20.1 Å². The first-order valence-corrected chi connectivity index (χ1v) is 13.5. The third-order valence-electron chi connectivity index (χ3n) is 5.64. The Labute approximate surface area is 214 Å². The molecule has 0 saturated carbocycles. The number of hydrogen-bond acceptors (Lipinski definition) is 10. The lowest BCUT2D eigenvalue weighted by molar-refractivity contribution is -0.123. The van der Waals surface area contributed by atoms with Gasteiger partial charge in [0.15, 0.2) is 5.13 Å². The zero-order chi connectivity index (χ0) is 26.6. The monoisotopic (exact) mass is 555 g/mol. The molecule has 15 heteroatoms. The molecule has 0 unspecified atom stereocenters. The lowest BCUT2D eigenvalue weighted by atomic mass is 9.98. The zero-order valence-corrected chi connectivity index (χ0v) is 20.9. The minimum Gasteiger partial charge on any atom is -0.748 e. The van der Waals surface area contributed by atoms with Crippen LogP contribution in [0.3, 0.4) is 0 Å². The van der Waals surface area contributed by atoms with Crippen LogP contribution >= 0.6 is 11.3 Å². The Bertz CT molecular complexity index is 1360. The summed E-state index contributed by atoms with van der Waals surface area (Å²) in [6, 6.07) is 5.11. The Hall–Kier alpha value is -3.30. The largest absolute Gasteiger partial charge is 0.748 e. The highest BCUT2D eigenvalue weighted by Gasteiger charge is 2.28. The minimum atomic E-state index is -4.51. The number of nitrogens with one attached hydrogen (secondary N) is 2. The van der Waals surface area contributed by atoms with Gasteiger partial charge in [-0.3, -0.25) is 9.78 Å². The maximum absolute atomic E-state index is 12.4. The van der Waals surface area contributed by atoms with E-state index in [0.29, 0.717) is 47.3 Å². The summed E-state index contributed by atoms with van der Waals surface area (Å²) < 4.78 is 70.2. The highest BCUT2D eigenvalue weighted by atomic mass is 32.2. The van der Waals surface area contributed by atoms with Crippen LogP contribution in [0.2, 0.25) is 0 Å². The topological polar surface area (TPSA) is 140 Å². The van der Waals surface area contributed by atoms with E-state index in [1.54, 1.807) is 12.4 Å². The van der Waals surface area contributed by atoms with Gasteiger partial charge in [-0.05, 0) is 30.9 Å². The van der Waals surface area contributed by atoms with Crippen molar-refractivity contribution < 1.29 is 30.9 Å². The normalized spacial score (nSPS) is 15.0. The molecule has 1 fully saturated rings. The number of alkyl halides is 3. The standard InChI is InChI=1S/C22H23F3N6O4S2/c23-22(24,25)13-29-20(32)16-7-15(9-26-10-16)18-11-28-21(36-18)30-19-8-17(1-4-27-19)31-5-2-14(3-6-31)12-37(33,34)35/h1,4,7-11,14H,2-3,5-6,12-13H2,(H,29,32)(H,27,28,30)(H,33,34,35)/p-1. The fraction of sp³-hybridized carbons (Fsp3) is 0.364. The number of nitrogens with zero attached hydrogens (tertiary/aromatic N) is 4. The molecular formula is C22H22F3N6O4S2-. The predicted molar refractivity (Wildman–Crippen MR) is 131 cm³/mol. The van der Waals surface area contributed by atoms with E-state index in [0.717, 1.165) is 5.69 Å². The van der Waals surface area contributed by atoms with Crippen LogP contribution in [0.25, 0.3) is 10.4 Å². The number of rotatable bonds is 8. The van der Waals surface area contributed by atoms with Gasteiger partial charge in [-0.25, -0.2) is 18.4 Å². The van der Waals surface area contributed by atoms with Crippen molar-refractivity contribution in [3.8, 4) is 10.4 Å². The molecule has 1 saturated heterocycles. The quantitative estimate of drug-likeness (QED) is 0.400. The molecule has 37 heavy (non-hydrogen) atoms. The van der Waals surface area contributed by atoms with E-state index in [9.17, 15) is 30.9 Å². The summed E-state index contributed by atoms with van der Waals surface area (Å²) >= 11 is 1.25. The zero-order valence-electron chi connectivity index (χ0n) is 19.2. The second-order valence-corrected chi connectivity index (χ2v) is 10.9. The molecule has 2 N–H and O–H groups in total. The minimum absolute atomic E-state index is 0.00403. The molecule has 3 aromatic rings. The first kappa shape index (κ1) is 26.8. The van der Waals surface area contributed by atoms with Crippen LogP contribution in [-0.2, 0) is 10.1 Å². The van der Waals surface area contributed by atoms with Gasteiger partial charge in [-0.15, -0.1) is 0 Å². The fourth-order valence-electron chi connectivity index (χ4n) is 3.89. The van der Waals surface area contributed by atoms with E-state index in [4.69, 9.17) is 0 Å². The predicted octanol–water partition coefficient (Wildman–Crippen LogP) is 3.40. The number of aromatic nitrogens is 3. The van der Waals surface area contributed by atoms with E-state index in [-0.39, 0.29) is 17.2 Å². The Morgan fingerprint density at radius 1 is 1.16 bits per heavy atom. The van der Waals surface area contributed by atoms with E-state index in [2.05, 4.69) is 25.2 Å². The smallest absolute Gasteiger partial charge is 0.405 e. The molecule has 3 aromatic heterocycles. The number of pyridine rings is 2. The van der Waals surface area contributed by atoms with Crippen molar-refractivity contribution in [2.24, 2.45) is 5.92 Å². The molecule has 0 radical (unpaired) electrons. The Morgan fingerprint density at radius 3 is 2.62 bits per heavy atom. The van der Waals surface area contributed by atoms with Gasteiger partial charge in [0.25, 0.3) is 5.91 Å². The Morgan fingerprint density at radius 2 is 1.92 bits per heavy atom. The number of thiazole rings is 1. The molecule has 1 amide bonds. The first-order valence-electron chi connectivity index (χ1n) is 11.1. The molecule has 198 valence electrons. The summed E-state index contributed by atoms with van der Waals surface area (Å²) in [7, 11) is -4.24. The summed E-state index contributed by atoms with van der Waals surface area (Å²) in [5.74, 6) is -0.835. The van der Waals surface area contributed by atoms with Crippen molar-refractivity contribution in [2.75, 3.05) is 35.6 Å². The van der Waals surface area contributed by atoms with Crippen LogP contribution in [0.4, 0.5) is 29.8 Å². The van der Waals surface area contributed by atoms with Crippen LogP contribution in [0.1, 0.15) is 23.2 Å². The molecule has 10 nitrogen and oxygen atoms in total. The number of hydrogen-bond donors (Lipinski definition) is 2. The van der Waals surface area contributed by atoms with Gasteiger partial charge in [0.2, 0.25) is 0 Å². The van der Waals surface area contributed by atoms with E-state index >= 15 is 0 Å². The summed E-state index contributed by atoms with van der Waals surface area (Å²) in [6.45, 7) is -0.202. The van der Waals surface area contributed by atoms with Gasteiger partial charge in [-0.2, -0.15) is 13.2 Å². The van der Waals surface area contributed by atoms with Gasteiger partial charge in [-0.1, -0.05) is 11.3 Å². The molecule has 0 aliphatic carbocycles. The van der Waals surface area contributed by atoms with Crippen molar-refractivity contribution in [3.63, 3.8) is 0 Å². The van der Waals surface area contributed by atoms with Gasteiger partial charge in [0, 0.05) is 60.9 Å². The molecule has 0 atom stereocenters. The third-order valence-corrected chi connectivity index (χ3v) is 7.48. The maximum atomic E-state index is 12.4. The van der Waals surface area contributed by atoms with Crippen LogP contribution in [0.15, 0.2) is 43.0 Å². The lowest BCUT2D eigenvalue weighted by Gasteiger charge is -2.34. The number of amides is 1. The number of carbonyl (C=O) groups excluding carboxylic acids is 1. The Balaban J connectivity index is 1.39. The summed E-state index contributed by atoms with van der Waals surface area (Å²) in [5.41, 5.74) is 1.41. The summed E-state index contributed by atoms with van der Waals surface area (Å²) in [6.07, 6.45) is 2.55. The van der Waals surface area contributed by atoms with Crippen molar-refractivity contribution in [2.45, 2.75) is 19.0 Å². The number of carbonyl (C=O) groups is 1. The van der Waals surface area contributed by atoms with Gasteiger partial charge >= 0.3 is 6.18 Å². The van der Waals surface area contributed by atoms with E-state index < -0.39 is 28.7 Å². The highest BCUT2D eigenvalue weighted by Crippen LogP contribution is 2.31. The maximum Gasteiger partial charge on any atom is 0.405 e. The van der Waals surface area contributed by atoms with Gasteiger partial charge in [0.05, 0.1) is 20.6 Å². The van der Waals surface area contributed by atoms with E-state index in [1.807, 2.05) is 17.4 Å². The number of anilines is 3. The SMILES string of the molecule is O=C(NCC(F)(F)F)c1cncc(-c2cnc(Nc3cc(N4CCC(CS(=O)(=O)[O-])CC4)ccn3)s2)c1. The number of halogens is 3. The lowest BCUT2D eigenvalue weighted by Crippen LogP contribution is -2.35. The Kier molecular flexibility index (Phi) is 7.94. The molecule has 0 bridgehead atoms. The molecule has 1 aliphatic heterocycles. The molecular weight excluding hydrogens is 533 g/mol. The van der Waals surface area contributed by atoms with Crippen molar-refractivity contribution >= 4 is 44.0 Å². The second kappa shape index (κ2) is 11.0. The summed E-state index contributed by atoms with van der Waals surface area (Å²) in [4.78, 5) is 27.3. The highest BCUT2D eigenvalue weighted by molar-refractivity contribution is 7.85. The molecule has 0 aromatic carbocycles. The van der Waals surface area contributed by atoms with E-state index in [1.165, 1.54) is 29.8 Å². The summed E-state index contributed by atoms with van der Waals surface area (Å²) in [5, 5.41) is 5.44. The average molecular weight is 556 g/mol. The molecule has 0 spiro atoms. The van der Waals surface area contributed by atoms with Crippen molar-refractivity contribution in [3.05, 3.63) is 48.5 Å². The van der Waals surface area contributed by atoms with Crippen LogP contribution in [0.5, 0.6) is 0 Å². The van der Waals surface area contributed by atoms with Crippen molar-refractivity contribution in [1.82, 2.24) is 20.3 Å². The van der Waals surface area contributed by atoms with Gasteiger partial charge in [0.1, 0.15) is 12.4 Å². The first-order chi connectivity index (χ1) is 17.4. The molecule has 4 rings (SSSR count). The number of piperidine rings is 1.